The zero-order valence-corrected chi connectivity index (χ0v) is 20.1. The number of sulfonamides is 1. The van der Waals surface area contributed by atoms with Crippen LogP contribution in [0.2, 0.25) is 0 Å². The number of furan rings is 1. The molecule has 164 valence electrons. The average molecular weight is 581 g/mol. The zero-order chi connectivity index (χ0) is 22.6. The molecule has 11 heteroatoms. The molecule has 0 bridgehead atoms. The molecule has 0 aliphatic heterocycles. The number of aromatic nitrogens is 1. The first-order chi connectivity index (χ1) is 15.4. The number of thiazole rings is 1. The lowest BCUT2D eigenvalue weighted by atomic mass is 10.3. The quantitative estimate of drug-likeness (QED) is 0.285. The van der Waals surface area contributed by atoms with Gasteiger partial charge >= 0.3 is 0 Å². The zero-order valence-electron chi connectivity index (χ0n) is 16.3. The van der Waals surface area contributed by atoms with Crippen LogP contribution in [-0.2, 0) is 16.6 Å². The first-order valence-corrected chi connectivity index (χ1v) is 12.6. The van der Waals surface area contributed by atoms with Crippen molar-refractivity contribution < 1.29 is 22.4 Å². The Labute approximate surface area is 201 Å². The first-order valence-electron chi connectivity index (χ1n) is 9.20. The van der Waals surface area contributed by atoms with Crippen LogP contribution in [0.1, 0.15) is 16.3 Å². The molecule has 32 heavy (non-hydrogen) atoms. The largest absolute Gasteiger partial charge is 0.486 e. The van der Waals surface area contributed by atoms with Gasteiger partial charge in [-0.15, -0.1) is 11.3 Å². The Balaban J connectivity index is 1.35. The summed E-state index contributed by atoms with van der Waals surface area (Å²) in [5.41, 5.74) is 0.427. The molecule has 0 saturated heterocycles. The van der Waals surface area contributed by atoms with Crippen LogP contribution in [-0.4, -0.2) is 19.3 Å². The van der Waals surface area contributed by atoms with E-state index in [0.29, 0.717) is 17.2 Å². The second-order valence-electron chi connectivity index (χ2n) is 6.43. The molecule has 4 aromatic rings. The fraction of sp³-hybridized carbons (Fsp3) is 0.0476. The van der Waals surface area contributed by atoms with E-state index < -0.39 is 15.9 Å². The summed E-state index contributed by atoms with van der Waals surface area (Å²) in [4.78, 5) is 16.4. The van der Waals surface area contributed by atoms with Gasteiger partial charge in [0, 0.05) is 20.8 Å². The van der Waals surface area contributed by atoms with E-state index in [9.17, 15) is 13.2 Å². The lowest BCUT2D eigenvalue weighted by molar-refractivity contribution is 0.0992. The molecule has 2 N–H and O–H groups in total. The van der Waals surface area contributed by atoms with Crippen LogP contribution < -0.4 is 14.8 Å². The van der Waals surface area contributed by atoms with Gasteiger partial charge in [0.2, 0.25) is 0 Å². The van der Waals surface area contributed by atoms with Crippen molar-refractivity contribution in [2.24, 2.45) is 0 Å². The third-order valence-corrected chi connectivity index (χ3v) is 7.05. The van der Waals surface area contributed by atoms with Crippen molar-refractivity contribution >= 4 is 60.7 Å². The standard InChI is InChI=1S/C21H16IN3O5S2/c22-14-1-5-16(6-2-14)29-13-17-7-10-19(30-17)20(26)24-15-3-8-18(9-4-15)32(27,28)25-21-23-11-12-31-21/h1-12H,13H2,(H,23,25)(H,24,26). The third kappa shape index (κ3) is 5.66. The number of nitrogens with zero attached hydrogens (tertiary/aromatic N) is 1. The molecule has 0 saturated carbocycles. The van der Waals surface area contributed by atoms with Crippen molar-refractivity contribution in [2.75, 3.05) is 10.0 Å². The SMILES string of the molecule is O=C(Nc1ccc(S(=O)(=O)Nc2nccs2)cc1)c1ccc(COc2ccc(I)cc2)o1. The lowest BCUT2D eigenvalue weighted by Gasteiger charge is -2.07. The Hall–Kier alpha value is -2.90. The van der Waals surface area contributed by atoms with Crippen LogP contribution in [0.15, 0.2) is 81.6 Å². The van der Waals surface area contributed by atoms with E-state index in [-0.39, 0.29) is 22.4 Å². The Morgan fingerprint density at radius 2 is 1.81 bits per heavy atom. The number of amides is 1. The monoisotopic (exact) mass is 581 g/mol. The Morgan fingerprint density at radius 3 is 2.50 bits per heavy atom. The van der Waals surface area contributed by atoms with E-state index in [1.807, 2.05) is 24.3 Å². The summed E-state index contributed by atoms with van der Waals surface area (Å²) in [6.07, 6.45) is 1.51. The summed E-state index contributed by atoms with van der Waals surface area (Å²) in [5.74, 6) is 0.867. The van der Waals surface area contributed by atoms with E-state index >= 15 is 0 Å². The van der Waals surface area contributed by atoms with Crippen LogP contribution in [0, 0.1) is 3.57 Å². The first kappa shape index (κ1) is 22.3. The maximum absolute atomic E-state index is 12.4. The third-order valence-electron chi connectivity index (χ3n) is 4.16. The number of anilines is 2. The van der Waals surface area contributed by atoms with Gasteiger partial charge in [-0.25, -0.2) is 13.4 Å². The molecule has 4 rings (SSSR count). The number of carbonyl (C=O) groups is 1. The van der Waals surface area contributed by atoms with Gasteiger partial charge in [-0.3, -0.25) is 9.52 Å². The smallest absolute Gasteiger partial charge is 0.291 e. The fourth-order valence-electron chi connectivity index (χ4n) is 2.62. The minimum absolute atomic E-state index is 0.0544. The van der Waals surface area contributed by atoms with E-state index in [4.69, 9.17) is 9.15 Å². The molecule has 2 aromatic heterocycles. The predicted octanol–water partition coefficient (Wildman–Crippen LogP) is 4.97. The molecule has 0 aliphatic rings. The number of hydrogen-bond acceptors (Lipinski definition) is 7. The van der Waals surface area contributed by atoms with E-state index in [2.05, 4.69) is 37.6 Å². The Morgan fingerprint density at radius 1 is 1.06 bits per heavy atom. The number of nitrogens with one attached hydrogen (secondary N) is 2. The molecule has 1 amide bonds. The maximum atomic E-state index is 12.4. The maximum Gasteiger partial charge on any atom is 0.291 e. The molecular weight excluding hydrogens is 565 g/mol. The van der Waals surface area contributed by atoms with E-state index in [0.717, 1.165) is 3.57 Å². The van der Waals surface area contributed by atoms with Gasteiger partial charge in [0.1, 0.15) is 18.1 Å². The highest BCUT2D eigenvalue weighted by atomic mass is 127. The molecule has 8 nitrogen and oxygen atoms in total. The summed E-state index contributed by atoms with van der Waals surface area (Å²) in [7, 11) is -3.76. The average Bonchev–Trinajstić information content (AvgIpc) is 3.46. The molecule has 2 heterocycles. The van der Waals surface area contributed by atoms with Gasteiger partial charge < -0.3 is 14.5 Å². The van der Waals surface area contributed by atoms with Gasteiger partial charge in [0.05, 0.1) is 4.90 Å². The van der Waals surface area contributed by atoms with Crippen molar-refractivity contribution in [3.63, 3.8) is 0 Å². The summed E-state index contributed by atoms with van der Waals surface area (Å²) in [6.45, 7) is 0.187. The van der Waals surface area contributed by atoms with Crippen LogP contribution in [0.4, 0.5) is 10.8 Å². The van der Waals surface area contributed by atoms with Crippen LogP contribution in [0.25, 0.3) is 0 Å². The highest BCUT2D eigenvalue weighted by Gasteiger charge is 2.16. The van der Waals surface area contributed by atoms with Gasteiger partial charge in [-0.2, -0.15) is 0 Å². The predicted molar refractivity (Wildman–Crippen MR) is 130 cm³/mol. The highest BCUT2D eigenvalue weighted by Crippen LogP contribution is 2.21. The Kier molecular flexibility index (Phi) is 6.77. The summed E-state index contributed by atoms with van der Waals surface area (Å²) < 4.78 is 39.5. The topological polar surface area (TPSA) is 111 Å². The second-order valence-corrected chi connectivity index (χ2v) is 10.3. The number of ether oxygens (including phenoxy) is 1. The van der Waals surface area contributed by atoms with Crippen LogP contribution in [0.5, 0.6) is 5.75 Å². The summed E-state index contributed by atoms with van der Waals surface area (Å²) >= 11 is 3.39. The number of rotatable bonds is 8. The van der Waals surface area contributed by atoms with E-state index in [1.165, 1.54) is 41.8 Å². The number of carbonyl (C=O) groups excluding carboxylic acids is 1. The van der Waals surface area contributed by atoms with Gasteiger partial charge in [0.25, 0.3) is 15.9 Å². The lowest BCUT2D eigenvalue weighted by Crippen LogP contribution is -2.13. The minimum Gasteiger partial charge on any atom is -0.486 e. The van der Waals surface area contributed by atoms with Crippen molar-refractivity contribution in [1.82, 2.24) is 4.98 Å². The highest BCUT2D eigenvalue weighted by molar-refractivity contribution is 14.1. The fourth-order valence-corrected chi connectivity index (χ4v) is 4.77. The van der Waals surface area contributed by atoms with Crippen molar-refractivity contribution in [1.29, 1.82) is 0 Å². The van der Waals surface area contributed by atoms with Gasteiger partial charge in [-0.05, 0) is 83.3 Å². The molecule has 0 atom stereocenters. The number of benzene rings is 2. The molecule has 0 unspecified atom stereocenters. The van der Waals surface area contributed by atoms with Crippen LogP contribution >= 0.6 is 33.9 Å². The summed E-state index contributed by atoms with van der Waals surface area (Å²) in [6, 6.07) is 16.6. The molecular formula is C21H16IN3O5S2. The molecule has 0 fully saturated rings. The van der Waals surface area contributed by atoms with Gasteiger partial charge in [0.15, 0.2) is 10.9 Å². The summed E-state index contributed by atoms with van der Waals surface area (Å²) in [5, 5.41) is 4.63. The molecule has 0 aliphatic carbocycles. The van der Waals surface area contributed by atoms with Crippen molar-refractivity contribution in [3.05, 3.63) is 87.3 Å². The van der Waals surface area contributed by atoms with Crippen molar-refractivity contribution in [3.8, 4) is 5.75 Å². The van der Waals surface area contributed by atoms with Crippen molar-refractivity contribution in [2.45, 2.75) is 11.5 Å². The Bertz CT molecular complexity index is 1300. The van der Waals surface area contributed by atoms with E-state index in [1.54, 1.807) is 17.5 Å². The van der Waals surface area contributed by atoms with Crippen LogP contribution in [0.3, 0.4) is 0 Å². The normalized spacial score (nSPS) is 11.2. The number of halogens is 1. The molecule has 0 spiro atoms. The second kappa shape index (κ2) is 9.71. The number of hydrogen-bond donors (Lipinski definition) is 2. The minimum atomic E-state index is -3.76. The molecule has 2 aromatic carbocycles. The molecule has 0 radical (unpaired) electrons. The van der Waals surface area contributed by atoms with Gasteiger partial charge in [-0.1, -0.05) is 0 Å².